The van der Waals surface area contributed by atoms with Gasteiger partial charge in [-0.25, -0.2) is 9.37 Å². The Hall–Kier alpha value is -2.80. The highest BCUT2D eigenvalue weighted by atomic mass is 32.1. The molecule has 138 valence electrons. The number of rotatable bonds is 3. The first-order valence-electron chi connectivity index (χ1n) is 8.76. The predicted octanol–water partition coefficient (Wildman–Crippen LogP) is 3.55. The number of aromatic nitrogens is 1. The van der Waals surface area contributed by atoms with Crippen molar-refractivity contribution in [1.82, 2.24) is 9.88 Å². The summed E-state index contributed by atoms with van der Waals surface area (Å²) in [4.78, 5) is 32.0. The van der Waals surface area contributed by atoms with Crippen molar-refractivity contribution in [3.63, 3.8) is 0 Å². The molecule has 0 unspecified atom stereocenters. The normalized spacial score (nSPS) is 15.2. The van der Waals surface area contributed by atoms with Crippen LogP contribution >= 0.6 is 11.3 Å². The fourth-order valence-electron chi connectivity index (χ4n) is 3.71. The molecular formula is C20H18FN3O2S. The van der Waals surface area contributed by atoms with E-state index in [0.29, 0.717) is 23.5 Å². The van der Waals surface area contributed by atoms with Crippen molar-refractivity contribution >= 4 is 33.4 Å². The second kappa shape index (κ2) is 7.08. The van der Waals surface area contributed by atoms with Crippen molar-refractivity contribution in [3.8, 4) is 0 Å². The van der Waals surface area contributed by atoms with Crippen LogP contribution in [-0.4, -0.2) is 34.8 Å². The van der Waals surface area contributed by atoms with Gasteiger partial charge in [0.25, 0.3) is 11.8 Å². The van der Waals surface area contributed by atoms with E-state index < -0.39 is 11.7 Å². The summed E-state index contributed by atoms with van der Waals surface area (Å²) in [5.41, 5.74) is 6.90. The molecule has 0 saturated carbocycles. The number of hydrogen-bond acceptors (Lipinski definition) is 4. The van der Waals surface area contributed by atoms with Gasteiger partial charge < -0.3 is 10.6 Å². The predicted molar refractivity (Wildman–Crippen MR) is 102 cm³/mol. The van der Waals surface area contributed by atoms with Gasteiger partial charge in [0.15, 0.2) is 0 Å². The minimum absolute atomic E-state index is 0.141. The molecule has 2 N–H and O–H groups in total. The van der Waals surface area contributed by atoms with E-state index in [9.17, 15) is 14.0 Å². The Morgan fingerprint density at radius 2 is 1.96 bits per heavy atom. The number of primary amides is 1. The molecule has 3 aromatic rings. The number of nitrogens with zero attached hydrogens (tertiary/aromatic N) is 2. The Kier molecular flexibility index (Phi) is 4.61. The lowest BCUT2D eigenvalue weighted by atomic mass is 9.87. The van der Waals surface area contributed by atoms with Gasteiger partial charge in [0.2, 0.25) is 0 Å². The Morgan fingerprint density at radius 3 is 2.67 bits per heavy atom. The number of thiophene rings is 1. The van der Waals surface area contributed by atoms with Crippen molar-refractivity contribution in [3.05, 3.63) is 64.4 Å². The number of benzene rings is 1. The number of fused-ring (bicyclic) bond motifs is 1. The standard InChI is InChI=1S/C20H18FN3O2S/c21-14-4-1-3-13(11-14)20(26)24-9-6-12(7-10-24)16-15-5-2-8-23-19(15)27-17(16)18(22)25/h1-5,8,11-12H,6-7,9-10H2,(H2,22,25). The van der Waals surface area contributed by atoms with E-state index in [4.69, 9.17) is 5.73 Å². The fraction of sp³-hybridized carbons (Fsp3) is 0.250. The highest BCUT2D eigenvalue weighted by molar-refractivity contribution is 7.20. The number of carbonyl (C=O) groups excluding carboxylic acids is 2. The molecule has 1 aliphatic heterocycles. The van der Waals surface area contributed by atoms with Crippen LogP contribution in [0.15, 0.2) is 42.6 Å². The van der Waals surface area contributed by atoms with Crippen molar-refractivity contribution in [2.24, 2.45) is 5.73 Å². The summed E-state index contributed by atoms with van der Waals surface area (Å²) in [7, 11) is 0. The first-order valence-corrected chi connectivity index (χ1v) is 9.58. The van der Waals surface area contributed by atoms with Crippen LogP contribution in [0.2, 0.25) is 0 Å². The molecule has 7 heteroatoms. The maximum atomic E-state index is 13.4. The SMILES string of the molecule is NC(=O)c1sc2ncccc2c1C1CCN(C(=O)c2cccc(F)c2)CC1. The van der Waals surface area contributed by atoms with Crippen molar-refractivity contribution < 1.29 is 14.0 Å². The van der Waals surface area contributed by atoms with Gasteiger partial charge in [0.05, 0.1) is 4.88 Å². The topological polar surface area (TPSA) is 76.3 Å². The van der Waals surface area contributed by atoms with E-state index >= 15 is 0 Å². The van der Waals surface area contributed by atoms with Crippen LogP contribution in [0.5, 0.6) is 0 Å². The second-order valence-corrected chi connectivity index (χ2v) is 7.64. The van der Waals surface area contributed by atoms with Crippen LogP contribution in [0.4, 0.5) is 4.39 Å². The van der Waals surface area contributed by atoms with E-state index in [-0.39, 0.29) is 11.8 Å². The summed E-state index contributed by atoms with van der Waals surface area (Å²) in [5.74, 6) is -0.882. The van der Waals surface area contributed by atoms with E-state index in [0.717, 1.165) is 28.6 Å². The highest BCUT2D eigenvalue weighted by Crippen LogP contribution is 2.39. The van der Waals surface area contributed by atoms with E-state index in [2.05, 4.69) is 4.98 Å². The van der Waals surface area contributed by atoms with Crippen molar-refractivity contribution in [1.29, 1.82) is 0 Å². The summed E-state index contributed by atoms with van der Waals surface area (Å²) >= 11 is 1.32. The highest BCUT2D eigenvalue weighted by Gasteiger charge is 2.29. The number of nitrogens with two attached hydrogens (primary N) is 1. The minimum atomic E-state index is -0.439. The molecule has 0 atom stereocenters. The number of likely N-dealkylation sites (tertiary alicyclic amines) is 1. The van der Waals surface area contributed by atoms with Crippen LogP contribution in [-0.2, 0) is 0 Å². The lowest BCUT2D eigenvalue weighted by Gasteiger charge is -2.32. The fourth-order valence-corrected chi connectivity index (χ4v) is 4.80. The Bertz CT molecular complexity index is 1020. The zero-order valence-corrected chi connectivity index (χ0v) is 15.3. The Labute approximate surface area is 159 Å². The van der Waals surface area contributed by atoms with Crippen LogP contribution in [0.3, 0.4) is 0 Å². The molecule has 4 rings (SSSR count). The number of halogens is 1. The van der Waals surface area contributed by atoms with Gasteiger partial charge in [-0.3, -0.25) is 9.59 Å². The van der Waals surface area contributed by atoms with Gasteiger partial charge in [-0.2, -0.15) is 0 Å². The maximum Gasteiger partial charge on any atom is 0.259 e. The average molecular weight is 383 g/mol. The molecule has 2 aromatic heterocycles. The molecule has 2 amide bonds. The van der Waals surface area contributed by atoms with Gasteiger partial charge in [0.1, 0.15) is 10.6 Å². The van der Waals surface area contributed by atoms with Gasteiger partial charge in [-0.1, -0.05) is 12.1 Å². The third-order valence-electron chi connectivity index (χ3n) is 4.99. The smallest absolute Gasteiger partial charge is 0.259 e. The number of piperidine rings is 1. The average Bonchev–Trinajstić information content (AvgIpc) is 3.07. The van der Waals surface area contributed by atoms with E-state index in [1.807, 2.05) is 12.1 Å². The van der Waals surface area contributed by atoms with Gasteiger partial charge in [-0.15, -0.1) is 11.3 Å². The first-order chi connectivity index (χ1) is 13.0. The number of amides is 2. The summed E-state index contributed by atoms with van der Waals surface area (Å²) in [6.07, 6.45) is 3.15. The summed E-state index contributed by atoms with van der Waals surface area (Å²) in [6.45, 7) is 1.10. The molecule has 27 heavy (non-hydrogen) atoms. The Balaban J connectivity index is 1.56. The molecule has 3 heterocycles. The maximum absolute atomic E-state index is 13.4. The van der Waals surface area contributed by atoms with Crippen LogP contribution in [0, 0.1) is 5.82 Å². The molecular weight excluding hydrogens is 365 g/mol. The second-order valence-electron chi connectivity index (χ2n) is 6.64. The van der Waals surface area contributed by atoms with E-state index in [1.165, 1.54) is 23.5 Å². The van der Waals surface area contributed by atoms with Crippen molar-refractivity contribution in [2.45, 2.75) is 18.8 Å². The van der Waals surface area contributed by atoms with Crippen LogP contribution in [0.1, 0.15) is 44.4 Å². The third kappa shape index (κ3) is 3.30. The summed E-state index contributed by atoms with van der Waals surface area (Å²) < 4.78 is 13.4. The molecule has 1 saturated heterocycles. The lowest BCUT2D eigenvalue weighted by Crippen LogP contribution is -2.38. The molecule has 1 aliphatic rings. The largest absolute Gasteiger partial charge is 0.365 e. The Morgan fingerprint density at radius 1 is 1.19 bits per heavy atom. The van der Waals surface area contributed by atoms with Crippen LogP contribution < -0.4 is 5.73 Å². The third-order valence-corrected chi connectivity index (χ3v) is 6.13. The van der Waals surface area contributed by atoms with Gasteiger partial charge >= 0.3 is 0 Å². The van der Waals surface area contributed by atoms with Gasteiger partial charge in [0, 0.05) is 30.2 Å². The monoisotopic (exact) mass is 383 g/mol. The number of pyridine rings is 1. The molecule has 0 radical (unpaired) electrons. The molecule has 5 nitrogen and oxygen atoms in total. The van der Waals surface area contributed by atoms with E-state index in [1.54, 1.807) is 23.2 Å². The molecule has 0 aliphatic carbocycles. The van der Waals surface area contributed by atoms with Gasteiger partial charge in [-0.05, 0) is 48.6 Å². The first kappa shape index (κ1) is 17.6. The van der Waals surface area contributed by atoms with Crippen LogP contribution in [0.25, 0.3) is 10.2 Å². The zero-order chi connectivity index (χ0) is 19.0. The molecule has 0 spiro atoms. The lowest BCUT2D eigenvalue weighted by molar-refractivity contribution is 0.0712. The minimum Gasteiger partial charge on any atom is -0.365 e. The summed E-state index contributed by atoms with van der Waals surface area (Å²) in [6, 6.07) is 9.57. The quantitative estimate of drug-likeness (QED) is 0.751. The van der Waals surface area contributed by atoms with Crippen molar-refractivity contribution in [2.75, 3.05) is 13.1 Å². The molecule has 1 fully saturated rings. The molecule has 0 bridgehead atoms. The summed E-state index contributed by atoms with van der Waals surface area (Å²) in [5, 5.41) is 0.964. The number of hydrogen-bond donors (Lipinski definition) is 1. The zero-order valence-electron chi connectivity index (χ0n) is 14.5. The number of carbonyl (C=O) groups is 2. The molecule has 1 aromatic carbocycles.